The Bertz CT molecular complexity index is 577. The van der Waals surface area contributed by atoms with Crippen LogP contribution in [0.25, 0.3) is 10.7 Å². The number of likely N-dealkylation sites (N-methyl/N-ethyl adjacent to an activating group) is 1. The van der Waals surface area contributed by atoms with Gasteiger partial charge in [0.15, 0.2) is 0 Å². The Labute approximate surface area is 121 Å². The van der Waals surface area contributed by atoms with Gasteiger partial charge >= 0.3 is 0 Å². The van der Waals surface area contributed by atoms with Gasteiger partial charge in [0.1, 0.15) is 0 Å². The first-order chi connectivity index (χ1) is 9.81. The van der Waals surface area contributed by atoms with Crippen LogP contribution in [0.5, 0.6) is 0 Å². The Morgan fingerprint density at radius 3 is 3.10 bits per heavy atom. The maximum Gasteiger partial charge on any atom is 0.241 e. The van der Waals surface area contributed by atoms with Crippen LogP contribution in [-0.2, 0) is 11.3 Å². The van der Waals surface area contributed by atoms with E-state index in [1.807, 2.05) is 24.6 Å². The van der Waals surface area contributed by atoms with Gasteiger partial charge in [0.2, 0.25) is 11.7 Å². The molecule has 0 atom stereocenters. The van der Waals surface area contributed by atoms with Crippen LogP contribution in [0.2, 0.25) is 0 Å². The first-order valence-electron chi connectivity index (χ1n) is 6.62. The van der Waals surface area contributed by atoms with Gasteiger partial charge in [-0.05, 0) is 30.5 Å². The lowest BCUT2D eigenvalue weighted by atomic mass is 10.2. The third kappa shape index (κ3) is 3.33. The molecule has 1 aliphatic rings. The summed E-state index contributed by atoms with van der Waals surface area (Å²) in [6.07, 6.45) is 3.26. The fraction of sp³-hybridized carbons (Fsp3) is 0.429. The molecule has 0 bridgehead atoms. The summed E-state index contributed by atoms with van der Waals surface area (Å²) in [5.74, 6) is 1.32. The van der Waals surface area contributed by atoms with Gasteiger partial charge < -0.3 is 9.26 Å². The molecule has 3 heterocycles. The summed E-state index contributed by atoms with van der Waals surface area (Å²) >= 11 is 1.61. The van der Waals surface area contributed by atoms with E-state index >= 15 is 0 Å². The highest BCUT2D eigenvalue weighted by Crippen LogP contribution is 2.21. The van der Waals surface area contributed by atoms with Gasteiger partial charge in [0.05, 0.1) is 24.6 Å². The van der Waals surface area contributed by atoms with Crippen molar-refractivity contribution in [1.29, 1.82) is 0 Å². The zero-order valence-electron chi connectivity index (χ0n) is 11.4. The molecule has 2 aromatic rings. The second-order valence-electron chi connectivity index (χ2n) is 4.86. The summed E-state index contributed by atoms with van der Waals surface area (Å²) in [6.45, 7) is 3.09. The van der Waals surface area contributed by atoms with Gasteiger partial charge in [-0.15, -0.1) is 11.3 Å². The molecule has 106 valence electrons. The van der Waals surface area contributed by atoms with Gasteiger partial charge in [-0.3, -0.25) is 4.90 Å². The van der Waals surface area contributed by atoms with Gasteiger partial charge in [-0.1, -0.05) is 17.3 Å². The predicted octanol–water partition coefficient (Wildman–Crippen LogP) is 2.58. The highest BCUT2D eigenvalue weighted by atomic mass is 32.1. The number of thiophene rings is 1. The van der Waals surface area contributed by atoms with Crippen molar-refractivity contribution in [1.82, 2.24) is 15.0 Å². The van der Waals surface area contributed by atoms with Gasteiger partial charge in [-0.25, -0.2) is 0 Å². The zero-order chi connectivity index (χ0) is 13.8. The molecule has 20 heavy (non-hydrogen) atoms. The molecule has 0 amide bonds. The number of aromatic nitrogens is 2. The number of nitrogens with zero attached hydrogens (tertiary/aromatic N) is 3. The maximum atomic E-state index is 5.44. The molecule has 0 aromatic carbocycles. The molecule has 3 rings (SSSR count). The average Bonchev–Trinajstić information content (AvgIpc) is 3.10. The molecule has 0 spiro atoms. The molecular formula is C14H17N3O2S. The van der Waals surface area contributed by atoms with Crippen molar-refractivity contribution in [2.75, 3.05) is 26.8 Å². The highest BCUT2D eigenvalue weighted by molar-refractivity contribution is 7.13. The van der Waals surface area contributed by atoms with Crippen LogP contribution >= 0.6 is 11.3 Å². The van der Waals surface area contributed by atoms with E-state index in [0.717, 1.165) is 31.1 Å². The molecule has 0 fully saturated rings. The quantitative estimate of drug-likeness (QED) is 0.793. The largest absolute Gasteiger partial charge is 0.377 e. The first kappa shape index (κ1) is 13.5. The number of hydrogen-bond acceptors (Lipinski definition) is 6. The van der Waals surface area contributed by atoms with Crippen molar-refractivity contribution in [3.63, 3.8) is 0 Å². The molecule has 5 nitrogen and oxygen atoms in total. The minimum atomic E-state index is 0.647. The molecule has 0 saturated carbocycles. The third-order valence-corrected chi connectivity index (χ3v) is 3.94. The van der Waals surface area contributed by atoms with Gasteiger partial charge in [0, 0.05) is 6.54 Å². The van der Waals surface area contributed by atoms with Crippen LogP contribution in [0.15, 0.2) is 33.7 Å². The molecule has 0 unspecified atom stereocenters. The fourth-order valence-electron chi connectivity index (χ4n) is 2.18. The molecular weight excluding hydrogens is 274 g/mol. The summed E-state index contributed by atoms with van der Waals surface area (Å²) in [6, 6.07) is 3.98. The van der Waals surface area contributed by atoms with E-state index in [2.05, 4.69) is 21.1 Å². The lowest BCUT2D eigenvalue weighted by Gasteiger charge is -2.19. The van der Waals surface area contributed by atoms with Crippen molar-refractivity contribution in [2.24, 2.45) is 0 Å². The summed E-state index contributed by atoms with van der Waals surface area (Å²) in [5, 5.41) is 6.02. The molecule has 0 radical (unpaired) electrons. The lowest BCUT2D eigenvalue weighted by Crippen LogP contribution is -2.24. The molecule has 0 N–H and O–H groups in total. The second-order valence-corrected chi connectivity index (χ2v) is 5.81. The average molecular weight is 291 g/mol. The monoisotopic (exact) mass is 291 g/mol. The third-order valence-electron chi connectivity index (χ3n) is 3.07. The number of rotatable bonds is 5. The van der Waals surface area contributed by atoms with Crippen LogP contribution in [0.4, 0.5) is 0 Å². The molecule has 0 saturated heterocycles. The van der Waals surface area contributed by atoms with E-state index in [9.17, 15) is 0 Å². The Balaban J connectivity index is 1.58. The van der Waals surface area contributed by atoms with Crippen molar-refractivity contribution >= 4 is 11.3 Å². The molecule has 1 aliphatic heterocycles. The number of ether oxygens (including phenoxy) is 1. The zero-order valence-corrected chi connectivity index (χ0v) is 12.2. The van der Waals surface area contributed by atoms with E-state index in [4.69, 9.17) is 9.26 Å². The highest BCUT2D eigenvalue weighted by Gasteiger charge is 2.13. The fourth-order valence-corrected chi connectivity index (χ4v) is 2.83. The van der Waals surface area contributed by atoms with Crippen molar-refractivity contribution in [3.05, 3.63) is 35.1 Å². The van der Waals surface area contributed by atoms with E-state index < -0.39 is 0 Å². The van der Waals surface area contributed by atoms with Crippen molar-refractivity contribution in [2.45, 2.75) is 13.0 Å². The molecule has 0 aliphatic carbocycles. The Morgan fingerprint density at radius 1 is 1.40 bits per heavy atom. The predicted molar refractivity (Wildman–Crippen MR) is 77.5 cm³/mol. The normalized spacial score (nSPS) is 15.6. The topological polar surface area (TPSA) is 51.4 Å². The summed E-state index contributed by atoms with van der Waals surface area (Å²) in [4.78, 5) is 7.62. The minimum absolute atomic E-state index is 0.647. The second kappa shape index (κ2) is 6.30. The maximum absolute atomic E-state index is 5.44. The van der Waals surface area contributed by atoms with Crippen LogP contribution in [0.3, 0.4) is 0 Å². The minimum Gasteiger partial charge on any atom is -0.377 e. The summed E-state index contributed by atoms with van der Waals surface area (Å²) in [5.41, 5.74) is 1.32. The van der Waals surface area contributed by atoms with E-state index in [1.165, 1.54) is 5.57 Å². The van der Waals surface area contributed by atoms with Crippen LogP contribution in [0.1, 0.15) is 12.3 Å². The van der Waals surface area contributed by atoms with E-state index in [0.29, 0.717) is 18.3 Å². The Kier molecular flexibility index (Phi) is 4.25. The van der Waals surface area contributed by atoms with Crippen LogP contribution in [0, 0.1) is 0 Å². The first-order valence-corrected chi connectivity index (χ1v) is 7.50. The van der Waals surface area contributed by atoms with Crippen LogP contribution in [-0.4, -0.2) is 41.8 Å². The Hall–Kier alpha value is -1.50. The van der Waals surface area contributed by atoms with Crippen molar-refractivity contribution in [3.8, 4) is 10.7 Å². The van der Waals surface area contributed by atoms with E-state index in [-0.39, 0.29) is 0 Å². The SMILES string of the molecule is CN(CC1=CCCOC1)Cc1nc(-c2cccs2)no1. The summed E-state index contributed by atoms with van der Waals surface area (Å²) < 4.78 is 10.7. The lowest BCUT2D eigenvalue weighted by molar-refractivity contribution is 0.142. The van der Waals surface area contributed by atoms with Crippen LogP contribution < -0.4 is 0 Å². The molecule has 2 aromatic heterocycles. The standard InChI is InChI=1S/C14H17N3O2S/c1-17(8-11-4-2-6-18-10-11)9-13-15-14(16-19-13)12-5-3-7-20-12/h3-5,7H,2,6,8-10H2,1H3. The smallest absolute Gasteiger partial charge is 0.241 e. The van der Waals surface area contributed by atoms with Gasteiger partial charge in [0.25, 0.3) is 0 Å². The molecule has 6 heteroatoms. The van der Waals surface area contributed by atoms with Crippen molar-refractivity contribution < 1.29 is 9.26 Å². The number of hydrogen-bond donors (Lipinski definition) is 0. The Morgan fingerprint density at radius 2 is 2.35 bits per heavy atom. The van der Waals surface area contributed by atoms with Gasteiger partial charge in [-0.2, -0.15) is 4.98 Å². The summed E-state index contributed by atoms with van der Waals surface area (Å²) in [7, 11) is 2.05. The van der Waals surface area contributed by atoms with E-state index in [1.54, 1.807) is 11.3 Å².